The average Bonchev–Trinajstić information content (AvgIpc) is 2.64. The molecule has 0 aliphatic carbocycles. The molecule has 128 valence electrons. The smallest absolute Gasteiger partial charge is 0.185 e. The fraction of sp³-hybridized carbons (Fsp3) is 0.238. The van der Waals surface area contributed by atoms with Gasteiger partial charge < -0.3 is 9.47 Å². The van der Waals surface area contributed by atoms with Gasteiger partial charge in [0.1, 0.15) is 0 Å². The summed E-state index contributed by atoms with van der Waals surface area (Å²) in [7, 11) is 1.60. The van der Waals surface area contributed by atoms with Gasteiger partial charge in [-0.2, -0.15) is 5.26 Å². The van der Waals surface area contributed by atoms with Crippen LogP contribution < -0.4 is 9.47 Å². The number of rotatable bonds is 7. The Balaban J connectivity index is 2.15. The van der Waals surface area contributed by atoms with Crippen LogP contribution in [0.3, 0.4) is 0 Å². The van der Waals surface area contributed by atoms with Crippen LogP contribution in [0.4, 0.5) is 0 Å². The molecule has 0 atom stereocenters. The molecule has 0 unspecified atom stereocenters. The van der Waals surface area contributed by atoms with Gasteiger partial charge in [0.05, 0.1) is 25.3 Å². The summed E-state index contributed by atoms with van der Waals surface area (Å²) in [5.41, 5.74) is 1.92. The first kappa shape index (κ1) is 18.3. The largest absolute Gasteiger partial charge is 0.493 e. The third kappa shape index (κ3) is 5.22. The van der Waals surface area contributed by atoms with Crippen molar-refractivity contribution in [2.75, 3.05) is 13.7 Å². The maximum atomic E-state index is 12.2. The maximum Gasteiger partial charge on any atom is 0.185 e. The standard InChI is InChI=1S/C21H21NO3/c1-15(2)14-25-21-12-16(7-11-20(21)24-3)6-10-19(23)18-8-4-17(13-22)5-9-18/h4-12,15H,14H2,1-3H3. The van der Waals surface area contributed by atoms with Crippen molar-refractivity contribution in [2.24, 2.45) is 5.92 Å². The minimum Gasteiger partial charge on any atom is -0.493 e. The van der Waals surface area contributed by atoms with Crippen molar-refractivity contribution >= 4 is 11.9 Å². The van der Waals surface area contributed by atoms with E-state index in [1.165, 1.54) is 6.08 Å². The van der Waals surface area contributed by atoms with Crippen LogP contribution >= 0.6 is 0 Å². The lowest BCUT2D eigenvalue weighted by atomic mass is 10.1. The van der Waals surface area contributed by atoms with Crippen LogP contribution in [0.1, 0.15) is 35.3 Å². The number of carbonyl (C=O) groups is 1. The molecule has 4 nitrogen and oxygen atoms in total. The van der Waals surface area contributed by atoms with Gasteiger partial charge in [-0.1, -0.05) is 26.0 Å². The molecule has 0 aliphatic heterocycles. The van der Waals surface area contributed by atoms with Crippen LogP contribution in [-0.4, -0.2) is 19.5 Å². The molecule has 2 rings (SSSR count). The molecule has 0 radical (unpaired) electrons. The molecule has 0 saturated heterocycles. The topological polar surface area (TPSA) is 59.3 Å². The van der Waals surface area contributed by atoms with E-state index in [-0.39, 0.29) is 5.78 Å². The molecule has 0 N–H and O–H groups in total. The number of hydrogen-bond acceptors (Lipinski definition) is 4. The first-order valence-corrected chi connectivity index (χ1v) is 8.07. The third-order valence-corrected chi connectivity index (χ3v) is 3.49. The van der Waals surface area contributed by atoms with E-state index < -0.39 is 0 Å². The first-order valence-electron chi connectivity index (χ1n) is 8.07. The highest BCUT2D eigenvalue weighted by Gasteiger charge is 2.07. The average molecular weight is 335 g/mol. The van der Waals surface area contributed by atoms with Crippen molar-refractivity contribution in [3.8, 4) is 17.6 Å². The predicted molar refractivity (Wildman–Crippen MR) is 97.8 cm³/mol. The van der Waals surface area contributed by atoms with E-state index in [1.807, 2.05) is 24.3 Å². The second-order valence-electron chi connectivity index (χ2n) is 6.00. The van der Waals surface area contributed by atoms with E-state index in [0.717, 1.165) is 5.56 Å². The highest BCUT2D eigenvalue weighted by Crippen LogP contribution is 2.29. The number of ether oxygens (including phenoxy) is 2. The lowest BCUT2D eigenvalue weighted by Crippen LogP contribution is -2.05. The van der Waals surface area contributed by atoms with Crippen LogP contribution in [-0.2, 0) is 0 Å². The van der Waals surface area contributed by atoms with Gasteiger partial charge in [0.25, 0.3) is 0 Å². The van der Waals surface area contributed by atoms with Crippen molar-refractivity contribution in [3.05, 3.63) is 65.2 Å². The highest BCUT2D eigenvalue weighted by atomic mass is 16.5. The minimum absolute atomic E-state index is 0.120. The molecule has 0 aromatic heterocycles. The van der Waals surface area contributed by atoms with Crippen LogP contribution in [0, 0.1) is 17.2 Å². The number of methoxy groups -OCH3 is 1. The summed E-state index contributed by atoms with van der Waals surface area (Å²) in [4.78, 5) is 12.2. The second kappa shape index (κ2) is 8.70. The Kier molecular flexibility index (Phi) is 6.36. The van der Waals surface area contributed by atoms with E-state index >= 15 is 0 Å². The molecular formula is C21H21NO3. The number of carbonyl (C=O) groups excluding carboxylic acids is 1. The lowest BCUT2D eigenvalue weighted by Gasteiger charge is -2.13. The predicted octanol–water partition coefficient (Wildman–Crippen LogP) is 4.50. The van der Waals surface area contributed by atoms with Gasteiger partial charge in [-0.25, -0.2) is 0 Å². The van der Waals surface area contributed by atoms with Gasteiger partial charge in [0.15, 0.2) is 17.3 Å². The number of ketones is 1. The van der Waals surface area contributed by atoms with Gasteiger partial charge in [0, 0.05) is 5.56 Å². The fourth-order valence-corrected chi connectivity index (χ4v) is 2.14. The Morgan fingerprint density at radius 3 is 2.48 bits per heavy atom. The Hall–Kier alpha value is -3.06. The molecule has 0 heterocycles. The molecule has 0 spiro atoms. The first-order chi connectivity index (χ1) is 12.0. The van der Waals surface area contributed by atoms with E-state index in [0.29, 0.717) is 35.2 Å². The lowest BCUT2D eigenvalue weighted by molar-refractivity contribution is 0.104. The van der Waals surface area contributed by atoms with Crippen LogP contribution in [0.5, 0.6) is 11.5 Å². The van der Waals surface area contributed by atoms with Gasteiger partial charge in [-0.3, -0.25) is 4.79 Å². The Labute approximate surface area is 148 Å². The van der Waals surface area contributed by atoms with Crippen molar-refractivity contribution in [1.82, 2.24) is 0 Å². The monoisotopic (exact) mass is 335 g/mol. The van der Waals surface area contributed by atoms with E-state index in [9.17, 15) is 4.79 Å². The SMILES string of the molecule is COc1ccc(C=CC(=O)c2ccc(C#N)cc2)cc1OCC(C)C. The molecule has 0 amide bonds. The fourth-order valence-electron chi connectivity index (χ4n) is 2.14. The van der Waals surface area contributed by atoms with E-state index in [2.05, 4.69) is 13.8 Å². The van der Waals surface area contributed by atoms with Crippen LogP contribution in [0.2, 0.25) is 0 Å². The molecule has 0 saturated carbocycles. The zero-order chi connectivity index (χ0) is 18.2. The number of allylic oxidation sites excluding steroid dienone is 1. The van der Waals surface area contributed by atoms with Crippen LogP contribution in [0.15, 0.2) is 48.5 Å². The minimum atomic E-state index is -0.120. The summed E-state index contributed by atoms with van der Waals surface area (Å²) in [6.45, 7) is 4.74. The normalized spacial score (nSPS) is 10.7. The second-order valence-corrected chi connectivity index (χ2v) is 6.00. The third-order valence-electron chi connectivity index (χ3n) is 3.49. The van der Waals surface area contributed by atoms with Gasteiger partial charge in [-0.05, 0) is 54.0 Å². The molecule has 4 heteroatoms. The van der Waals surface area contributed by atoms with E-state index in [1.54, 1.807) is 37.5 Å². The zero-order valence-corrected chi connectivity index (χ0v) is 14.7. The molecule has 0 aliphatic rings. The van der Waals surface area contributed by atoms with Gasteiger partial charge >= 0.3 is 0 Å². The van der Waals surface area contributed by atoms with E-state index in [4.69, 9.17) is 14.7 Å². The highest BCUT2D eigenvalue weighted by molar-refractivity contribution is 6.06. The summed E-state index contributed by atoms with van der Waals surface area (Å²) in [6, 6.07) is 14.1. The van der Waals surface area contributed by atoms with Crippen molar-refractivity contribution in [3.63, 3.8) is 0 Å². The maximum absolute atomic E-state index is 12.2. The van der Waals surface area contributed by atoms with Gasteiger partial charge in [0.2, 0.25) is 0 Å². The summed E-state index contributed by atoms with van der Waals surface area (Å²) in [5, 5.41) is 8.79. The van der Waals surface area contributed by atoms with Crippen molar-refractivity contribution in [2.45, 2.75) is 13.8 Å². The summed E-state index contributed by atoms with van der Waals surface area (Å²) >= 11 is 0. The summed E-state index contributed by atoms with van der Waals surface area (Å²) in [5.74, 6) is 1.60. The number of nitrogens with zero attached hydrogens (tertiary/aromatic N) is 1. The molecule has 25 heavy (non-hydrogen) atoms. The number of hydrogen-bond donors (Lipinski definition) is 0. The van der Waals surface area contributed by atoms with Crippen molar-refractivity contribution in [1.29, 1.82) is 5.26 Å². The Bertz CT molecular complexity index is 799. The molecule has 0 bridgehead atoms. The molecule has 2 aromatic rings. The zero-order valence-electron chi connectivity index (χ0n) is 14.7. The summed E-state index contributed by atoms with van der Waals surface area (Å²) in [6.07, 6.45) is 3.25. The quantitative estimate of drug-likeness (QED) is 0.552. The van der Waals surface area contributed by atoms with Crippen LogP contribution in [0.25, 0.3) is 6.08 Å². The number of benzene rings is 2. The van der Waals surface area contributed by atoms with Crippen molar-refractivity contribution < 1.29 is 14.3 Å². The summed E-state index contributed by atoms with van der Waals surface area (Å²) < 4.78 is 11.1. The Morgan fingerprint density at radius 1 is 1.16 bits per heavy atom. The van der Waals surface area contributed by atoms with Gasteiger partial charge in [-0.15, -0.1) is 0 Å². The molecule has 2 aromatic carbocycles. The molecular weight excluding hydrogens is 314 g/mol. The molecule has 0 fully saturated rings. The Morgan fingerprint density at radius 2 is 1.88 bits per heavy atom. The number of nitriles is 1.